The number of nitrogens with one attached hydrogen (secondary N) is 1. The summed E-state index contributed by atoms with van der Waals surface area (Å²) in [5, 5.41) is 10.4. The zero-order valence-corrected chi connectivity index (χ0v) is 7.13. The van der Waals surface area contributed by atoms with Crippen LogP contribution in [-0.2, 0) is 7.05 Å². The third-order valence-electron chi connectivity index (χ3n) is 1.37. The molecule has 12 heavy (non-hydrogen) atoms. The van der Waals surface area contributed by atoms with Crippen molar-refractivity contribution in [2.24, 2.45) is 7.05 Å². The molecule has 0 atom stereocenters. The van der Waals surface area contributed by atoms with Gasteiger partial charge in [-0.05, 0) is 18.3 Å². The van der Waals surface area contributed by atoms with Crippen LogP contribution in [0.2, 0.25) is 0 Å². The molecule has 6 heteroatoms. The zero-order chi connectivity index (χ0) is 8.55. The van der Waals surface area contributed by atoms with Gasteiger partial charge in [-0.3, -0.25) is 4.68 Å². The number of aromatic nitrogens is 4. The summed E-state index contributed by atoms with van der Waals surface area (Å²) in [5.74, 6) is 0.417. The summed E-state index contributed by atoms with van der Waals surface area (Å²) >= 11 is 4.72. The van der Waals surface area contributed by atoms with E-state index in [1.165, 1.54) is 0 Å². The molecule has 0 aliphatic rings. The van der Waals surface area contributed by atoms with Crippen LogP contribution in [-0.4, -0.2) is 20.0 Å². The molecular weight excluding hydrogens is 176 g/mol. The number of nitrogens with zero attached hydrogens (tertiary/aromatic N) is 3. The highest BCUT2D eigenvalue weighted by Gasteiger charge is 2.05. The Morgan fingerprint density at radius 2 is 2.50 bits per heavy atom. The van der Waals surface area contributed by atoms with Crippen LogP contribution >= 0.6 is 12.2 Å². The van der Waals surface area contributed by atoms with Gasteiger partial charge in [0.15, 0.2) is 0 Å². The van der Waals surface area contributed by atoms with E-state index in [0.29, 0.717) is 11.6 Å². The maximum absolute atomic E-state index is 5.06. The molecule has 0 aromatic carbocycles. The van der Waals surface area contributed by atoms with Crippen molar-refractivity contribution in [3.8, 4) is 11.6 Å². The SMILES string of the molecule is Cn1ccc(-c2n[nH]c(=S)o2)n1. The Morgan fingerprint density at radius 1 is 1.67 bits per heavy atom. The van der Waals surface area contributed by atoms with Crippen molar-refractivity contribution in [1.82, 2.24) is 20.0 Å². The van der Waals surface area contributed by atoms with Gasteiger partial charge in [0.25, 0.3) is 10.7 Å². The molecule has 0 aliphatic heterocycles. The van der Waals surface area contributed by atoms with Gasteiger partial charge in [0.1, 0.15) is 5.69 Å². The minimum atomic E-state index is 0.260. The molecule has 2 aromatic heterocycles. The molecule has 0 bridgehead atoms. The summed E-state index contributed by atoms with van der Waals surface area (Å²) in [6.45, 7) is 0. The van der Waals surface area contributed by atoms with Crippen LogP contribution in [0.3, 0.4) is 0 Å². The first-order valence-electron chi connectivity index (χ1n) is 3.31. The molecule has 0 amide bonds. The van der Waals surface area contributed by atoms with Crippen molar-refractivity contribution < 1.29 is 4.42 Å². The van der Waals surface area contributed by atoms with E-state index < -0.39 is 0 Å². The van der Waals surface area contributed by atoms with Crippen molar-refractivity contribution in [2.75, 3.05) is 0 Å². The van der Waals surface area contributed by atoms with Gasteiger partial charge >= 0.3 is 0 Å². The Morgan fingerprint density at radius 3 is 3.00 bits per heavy atom. The van der Waals surface area contributed by atoms with E-state index >= 15 is 0 Å². The van der Waals surface area contributed by atoms with E-state index in [1.807, 2.05) is 13.2 Å². The van der Waals surface area contributed by atoms with Crippen molar-refractivity contribution in [2.45, 2.75) is 0 Å². The fourth-order valence-corrected chi connectivity index (χ4v) is 0.993. The molecule has 0 spiro atoms. The lowest BCUT2D eigenvalue weighted by Gasteiger charge is -1.84. The summed E-state index contributed by atoms with van der Waals surface area (Å²) in [4.78, 5) is 0.260. The van der Waals surface area contributed by atoms with Crippen molar-refractivity contribution in [1.29, 1.82) is 0 Å². The first-order valence-corrected chi connectivity index (χ1v) is 3.72. The molecule has 0 saturated carbocycles. The van der Waals surface area contributed by atoms with E-state index in [1.54, 1.807) is 10.7 Å². The van der Waals surface area contributed by atoms with Gasteiger partial charge in [-0.2, -0.15) is 5.10 Å². The van der Waals surface area contributed by atoms with Gasteiger partial charge in [-0.15, -0.1) is 5.10 Å². The second-order valence-electron chi connectivity index (χ2n) is 2.29. The molecule has 0 fully saturated rings. The lowest BCUT2D eigenvalue weighted by Crippen LogP contribution is -1.87. The number of hydrogen-bond donors (Lipinski definition) is 1. The van der Waals surface area contributed by atoms with Gasteiger partial charge < -0.3 is 4.42 Å². The first-order chi connectivity index (χ1) is 5.75. The third-order valence-corrected chi connectivity index (χ3v) is 1.55. The quantitative estimate of drug-likeness (QED) is 0.672. The maximum Gasteiger partial charge on any atom is 0.284 e. The summed E-state index contributed by atoms with van der Waals surface area (Å²) in [6, 6.07) is 1.80. The van der Waals surface area contributed by atoms with E-state index in [2.05, 4.69) is 15.3 Å². The van der Waals surface area contributed by atoms with Crippen LogP contribution in [0.1, 0.15) is 0 Å². The average Bonchev–Trinajstić information content (AvgIpc) is 2.58. The molecule has 0 saturated heterocycles. The van der Waals surface area contributed by atoms with Crippen molar-refractivity contribution in [3.63, 3.8) is 0 Å². The van der Waals surface area contributed by atoms with Gasteiger partial charge in [0, 0.05) is 13.2 Å². The Labute approximate surface area is 73.0 Å². The highest BCUT2D eigenvalue weighted by molar-refractivity contribution is 7.71. The predicted molar refractivity (Wildman–Crippen MR) is 43.9 cm³/mol. The normalized spacial score (nSPS) is 10.4. The van der Waals surface area contributed by atoms with Gasteiger partial charge in [0.05, 0.1) is 0 Å². The van der Waals surface area contributed by atoms with Gasteiger partial charge in [0.2, 0.25) is 0 Å². The van der Waals surface area contributed by atoms with Crippen LogP contribution < -0.4 is 0 Å². The lowest BCUT2D eigenvalue weighted by molar-refractivity contribution is 0.548. The highest BCUT2D eigenvalue weighted by atomic mass is 32.1. The Hall–Kier alpha value is -1.43. The summed E-state index contributed by atoms with van der Waals surface area (Å²) in [6.07, 6.45) is 1.81. The number of H-pyrrole nitrogens is 1. The predicted octanol–water partition coefficient (Wildman–Crippen LogP) is 1.13. The van der Waals surface area contributed by atoms with Crippen LogP contribution in [0.4, 0.5) is 0 Å². The minimum Gasteiger partial charge on any atom is -0.408 e. The Balaban J connectivity index is 2.50. The van der Waals surface area contributed by atoms with Gasteiger partial charge in [-0.25, -0.2) is 5.10 Å². The van der Waals surface area contributed by atoms with E-state index in [0.717, 1.165) is 0 Å². The maximum atomic E-state index is 5.06. The number of aromatic amines is 1. The number of rotatable bonds is 1. The zero-order valence-electron chi connectivity index (χ0n) is 6.31. The second-order valence-corrected chi connectivity index (χ2v) is 2.66. The molecule has 1 N–H and O–H groups in total. The van der Waals surface area contributed by atoms with Crippen molar-refractivity contribution in [3.05, 3.63) is 17.1 Å². The average molecular weight is 182 g/mol. The number of hydrogen-bond acceptors (Lipinski definition) is 4. The van der Waals surface area contributed by atoms with Crippen LogP contribution in [0.25, 0.3) is 11.6 Å². The summed E-state index contributed by atoms with van der Waals surface area (Å²) < 4.78 is 6.72. The van der Waals surface area contributed by atoms with Crippen molar-refractivity contribution >= 4 is 12.2 Å². The Bertz CT molecular complexity index is 440. The van der Waals surface area contributed by atoms with Crippen LogP contribution in [0.5, 0.6) is 0 Å². The van der Waals surface area contributed by atoms with E-state index in [4.69, 9.17) is 16.6 Å². The number of aryl methyl sites for hydroxylation is 1. The topological polar surface area (TPSA) is 59.6 Å². The molecular formula is C6H6N4OS. The fourth-order valence-electron chi connectivity index (χ4n) is 0.869. The molecule has 2 heterocycles. The molecule has 0 radical (unpaired) electrons. The minimum absolute atomic E-state index is 0.260. The van der Waals surface area contributed by atoms with Crippen LogP contribution in [0.15, 0.2) is 16.7 Å². The lowest BCUT2D eigenvalue weighted by atomic mass is 10.4. The molecule has 2 rings (SSSR count). The monoisotopic (exact) mass is 182 g/mol. The molecule has 5 nitrogen and oxygen atoms in total. The summed E-state index contributed by atoms with van der Waals surface area (Å²) in [5.41, 5.74) is 0.671. The van der Waals surface area contributed by atoms with Crippen LogP contribution in [0, 0.1) is 4.84 Å². The standard InChI is InChI=1S/C6H6N4OS/c1-10-3-2-4(9-10)5-7-8-6(12)11-5/h2-3H,1H3,(H,8,12). The highest BCUT2D eigenvalue weighted by Crippen LogP contribution is 2.12. The largest absolute Gasteiger partial charge is 0.408 e. The smallest absolute Gasteiger partial charge is 0.284 e. The molecule has 2 aromatic rings. The van der Waals surface area contributed by atoms with Gasteiger partial charge in [-0.1, -0.05) is 0 Å². The molecule has 62 valence electrons. The van der Waals surface area contributed by atoms with E-state index in [-0.39, 0.29) is 4.84 Å². The second kappa shape index (κ2) is 2.56. The fraction of sp³-hybridized carbons (Fsp3) is 0.167. The van der Waals surface area contributed by atoms with E-state index in [9.17, 15) is 0 Å². The summed E-state index contributed by atoms with van der Waals surface area (Å²) in [7, 11) is 1.82. The Kier molecular flexibility index (Phi) is 1.54. The first kappa shape index (κ1) is 7.23. The third kappa shape index (κ3) is 1.16. The molecule has 0 unspecified atom stereocenters. The molecule has 0 aliphatic carbocycles.